The summed E-state index contributed by atoms with van der Waals surface area (Å²) in [6.45, 7) is 11.8. The lowest BCUT2D eigenvalue weighted by Crippen LogP contribution is -2.31. The fourth-order valence-corrected chi connectivity index (χ4v) is 2.49. The number of nitrogens with zero attached hydrogens (tertiary/aromatic N) is 3. The molecule has 112 valence electrons. The number of aromatic nitrogens is 1. The third-order valence-corrected chi connectivity index (χ3v) is 3.80. The van der Waals surface area contributed by atoms with Crippen LogP contribution in [0.1, 0.15) is 32.8 Å². The number of hydrogen-bond donors (Lipinski definition) is 1. The van der Waals surface area contributed by atoms with Gasteiger partial charge in [0, 0.05) is 24.8 Å². The van der Waals surface area contributed by atoms with Crippen LogP contribution in [-0.4, -0.2) is 47.6 Å². The van der Waals surface area contributed by atoms with Gasteiger partial charge in [-0.25, -0.2) is 0 Å². The molecule has 0 unspecified atom stereocenters. The van der Waals surface area contributed by atoms with Crippen molar-refractivity contribution in [3.05, 3.63) is 24.0 Å². The molecule has 20 heavy (non-hydrogen) atoms. The number of thiocarbonyl (C=S) groups is 1. The van der Waals surface area contributed by atoms with Crippen molar-refractivity contribution in [2.24, 2.45) is 5.73 Å². The van der Waals surface area contributed by atoms with Gasteiger partial charge in [0.15, 0.2) is 0 Å². The summed E-state index contributed by atoms with van der Waals surface area (Å²) in [6, 6.07) is 1.89. The average Bonchev–Trinajstić information content (AvgIpc) is 2.47. The highest BCUT2D eigenvalue weighted by Crippen LogP contribution is 2.19. The largest absolute Gasteiger partial charge is 0.389 e. The third-order valence-electron chi connectivity index (χ3n) is 3.58. The van der Waals surface area contributed by atoms with Gasteiger partial charge in [0.1, 0.15) is 4.99 Å². The Bertz CT molecular complexity index is 418. The van der Waals surface area contributed by atoms with Crippen LogP contribution in [0.4, 0.5) is 5.69 Å². The molecule has 0 aliphatic heterocycles. The summed E-state index contributed by atoms with van der Waals surface area (Å²) in [5.74, 6) is 0. The molecule has 0 bridgehead atoms. The second kappa shape index (κ2) is 8.87. The molecule has 0 saturated heterocycles. The highest BCUT2D eigenvalue weighted by atomic mass is 32.1. The van der Waals surface area contributed by atoms with Crippen molar-refractivity contribution >= 4 is 22.9 Å². The number of anilines is 1. The van der Waals surface area contributed by atoms with E-state index in [2.05, 4.69) is 35.6 Å². The van der Waals surface area contributed by atoms with Crippen LogP contribution < -0.4 is 10.6 Å². The predicted molar refractivity (Wildman–Crippen MR) is 90.4 cm³/mol. The lowest BCUT2D eigenvalue weighted by Gasteiger charge is -2.26. The van der Waals surface area contributed by atoms with Gasteiger partial charge in [-0.05, 0) is 39.0 Å². The summed E-state index contributed by atoms with van der Waals surface area (Å²) in [6.07, 6.45) is 4.72. The highest BCUT2D eigenvalue weighted by molar-refractivity contribution is 7.80. The van der Waals surface area contributed by atoms with E-state index >= 15 is 0 Å². The maximum absolute atomic E-state index is 5.80. The molecule has 0 fully saturated rings. The lowest BCUT2D eigenvalue weighted by atomic mass is 10.2. The summed E-state index contributed by atoms with van der Waals surface area (Å²) in [5.41, 5.74) is 7.76. The lowest BCUT2D eigenvalue weighted by molar-refractivity contribution is 0.301. The van der Waals surface area contributed by atoms with E-state index in [0.717, 1.165) is 50.4 Å². The molecule has 0 aromatic carbocycles. The quantitative estimate of drug-likeness (QED) is 0.708. The Kier molecular flexibility index (Phi) is 7.47. The van der Waals surface area contributed by atoms with E-state index in [1.54, 1.807) is 6.20 Å². The first-order chi connectivity index (χ1) is 9.63. The molecule has 0 spiro atoms. The van der Waals surface area contributed by atoms with Gasteiger partial charge in [0.05, 0.1) is 11.9 Å². The van der Waals surface area contributed by atoms with Gasteiger partial charge in [0.2, 0.25) is 0 Å². The molecule has 1 aromatic heterocycles. The Morgan fingerprint density at radius 3 is 2.45 bits per heavy atom. The molecule has 4 nitrogen and oxygen atoms in total. The number of hydrogen-bond acceptors (Lipinski definition) is 4. The van der Waals surface area contributed by atoms with Crippen molar-refractivity contribution in [3.63, 3.8) is 0 Å². The molecule has 5 heteroatoms. The van der Waals surface area contributed by atoms with Gasteiger partial charge in [0.25, 0.3) is 0 Å². The van der Waals surface area contributed by atoms with Crippen molar-refractivity contribution in [1.82, 2.24) is 9.88 Å². The zero-order valence-corrected chi connectivity index (χ0v) is 13.6. The van der Waals surface area contributed by atoms with Crippen molar-refractivity contribution < 1.29 is 0 Å². The molecule has 0 amide bonds. The topological polar surface area (TPSA) is 45.4 Å². The summed E-state index contributed by atoms with van der Waals surface area (Å²) in [5, 5.41) is 0. The molecular weight excluding hydrogens is 268 g/mol. The molecule has 1 heterocycles. The smallest absolute Gasteiger partial charge is 0.106 e. The van der Waals surface area contributed by atoms with E-state index in [0.29, 0.717) is 4.99 Å². The van der Waals surface area contributed by atoms with Gasteiger partial charge in [-0.15, -0.1) is 0 Å². The van der Waals surface area contributed by atoms with Crippen LogP contribution in [0.2, 0.25) is 0 Å². The molecule has 0 radical (unpaired) electrons. The minimum atomic E-state index is 0.435. The zero-order chi connectivity index (χ0) is 15.0. The van der Waals surface area contributed by atoms with Gasteiger partial charge in [-0.2, -0.15) is 0 Å². The molecule has 2 N–H and O–H groups in total. The van der Waals surface area contributed by atoms with Crippen LogP contribution in [0.15, 0.2) is 18.5 Å². The molecule has 1 aromatic rings. The Balaban J connectivity index is 2.69. The van der Waals surface area contributed by atoms with E-state index in [4.69, 9.17) is 18.0 Å². The summed E-state index contributed by atoms with van der Waals surface area (Å²) in [7, 11) is 0. The van der Waals surface area contributed by atoms with Gasteiger partial charge in [-0.1, -0.05) is 26.1 Å². The van der Waals surface area contributed by atoms with E-state index in [9.17, 15) is 0 Å². The van der Waals surface area contributed by atoms with Crippen LogP contribution >= 0.6 is 12.2 Å². The minimum absolute atomic E-state index is 0.435. The maximum Gasteiger partial charge on any atom is 0.106 e. The first kappa shape index (κ1) is 16.9. The molecule has 1 rings (SSSR count). The second-order valence-electron chi connectivity index (χ2n) is 4.72. The standard InChI is InChI=1S/C15H26N4S/c1-4-18(5-2)10-7-11-19(6-3)14-12-17-9-8-13(14)15(16)20/h8-9,12H,4-7,10-11H2,1-3H3,(H2,16,20). The van der Waals surface area contributed by atoms with E-state index in [1.165, 1.54) is 0 Å². The van der Waals surface area contributed by atoms with Crippen molar-refractivity contribution in [3.8, 4) is 0 Å². The summed E-state index contributed by atoms with van der Waals surface area (Å²) >= 11 is 5.12. The fourth-order valence-electron chi connectivity index (χ4n) is 2.32. The van der Waals surface area contributed by atoms with Gasteiger partial charge < -0.3 is 15.5 Å². The van der Waals surface area contributed by atoms with Crippen LogP contribution in [0, 0.1) is 0 Å². The minimum Gasteiger partial charge on any atom is -0.389 e. The number of nitrogens with two attached hydrogens (primary N) is 1. The van der Waals surface area contributed by atoms with E-state index < -0.39 is 0 Å². The Morgan fingerprint density at radius 1 is 1.20 bits per heavy atom. The summed E-state index contributed by atoms with van der Waals surface area (Å²) in [4.78, 5) is 9.37. The summed E-state index contributed by atoms with van der Waals surface area (Å²) < 4.78 is 0. The monoisotopic (exact) mass is 294 g/mol. The average molecular weight is 294 g/mol. The number of pyridine rings is 1. The van der Waals surface area contributed by atoms with Crippen LogP contribution in [-0.2, 0) is 0 Å². The molecule has 0 atom stereocenters. The second-order valence-corrected chi connectivity index (χ2v) is 5.16. The van der Waals surface area contributed by atoms with Gasteiger partial charge >= 0.3 is 0 Å². The Labute approximate surface area is 128 Å². The van der Waals surface area contributed by atoms with Crippen molar-refractivity contribution in [1.29, 1.82) is 0 Å². The van der Waals surface area contributed by atoms with Gasteiger partial charge in [-0.3, -0.25) is 4.98 Å². The SMILES string of the molecule is CCN(CC)CCCN(CC)c1cnccc1C(N)=S. The van der Waals surface area contributed by atoms with Crippen LogP contribution in [0.5, 0.6) is 0 Å². The first-order valence-corrected chi connectivity index (χ1v) is 7.75. The van der Waals surface area contributed by atoms with Crippen LogP contribution in [0.3, 0.4) is 0 Å². The normalized spacial score (nSPS) is 10.8. The molecule has 0 saturated carbocycles. The van der Waals surface area contributed by atoms with E-state index in [1.807, 2.05) is 12.3 Å². The number of rotatable bonds is 9. The molecule has 0 aliphatic rings. The third kappa shape index (κ3) is 4.72. The maximum atomic E-state index is 5.80. The van der Waals surface area contributed by atoms with E-state index in [-0.39, 0.29) is 0 Å². The highest BCUT2D eigenvalue weighted by Gasteiger charge is 2.11. The Hall–Kier alpha value is -1.20. The fraction of sp³-hybridized carbons (Fsp3) is 0.600. The molecular formula is C15H26N4S. The first-order valence-electron chi connectivity index (χ1n) is 7.35. The molecule has 0 aliphatic carbocycles. The zero-order valence-electron chi connectivity index (χ0n) is 12.8. The predicted octanol–water partition coefficient (Wildman–Crippen LogP) is 2.27. The van der Waals surface area contributed by atoms with Crippen molar-refractivity contribution in [2.75, 3.05) is 37.6 Å². The van der Waals surface area contributed by atoms with Crippen LogP contribution in [0.25, 0.3) is 0 Å². The van der Waals surface area contributed by atoms with Crippen molar-refractivity contribution in [2.45, 2.75) is 27.2 Å². The Morgan fingerprint density at radius 2 is 1.90 bits per heavy atom.